The lowest BCUT2D eigenvalue weighted by molar-refractivity contribution is 0.415. The van der Waals surface area contributed by atoms with Crippen LogP contribution in [-0.2, 0) is 0 Å². The lowest BCUT2D eigenvalue weighted by atomic mass is 10.2. The van der Waals surface area contributed by atoms with E-state index in [2.05, 4.69) is 4.98 Å². The van der Waals surface area contributed by atoms with Crippen LogP contribution in [0, 0.1) is 0 Å². The SMILES string of the molecule is COc1ccc2[nH]c(=O)n(-c3ccccc3O)c2c1. The first-order chi connectivity index (χ1) is 9.20. The van der Waals surface area contributed by atoms with Gasteiger partial charge in [0.05, 0.1) is 23.8 Å². The minimum atomic E-state index is -0.301. The number of aromatic amines is 1. The number of nitrogens with zero attached hydrogens (tertiary/aromatic N) is 1. The van der Waals surface area contributed by atoms with Gasteiger partial charge in [-0.2, -0.15) is 0 Å². The second-order valence-corrected chi connectivity index (χ2v) is 4.14. The van der Waals surface area contributed by atoms with E-state index in [0.29, 0.717) is 22.5 Å². The normalized spacial score (nSPS) is 10.8. The summed E-state index contributed by atoms with van der Waals surface area (Å²) in [7, 11) is 1.57. The van der Waals surface area contributed by atoms with Crippen molar-refractivity contribution < 1.29 is 9.84 Å². The summed E-state index contributed by atoms with van der Waals surface area (Å²) in [4.78, 5) is 14.8. The number of phenolic OH excluding ortho intramolecular Hbond substituents is 1. The molecule has 0 saturated heterocycles. The first-order valence-electron chi connectivity index (χ1n) is 5.78. The molecule has 2 N–H and O–H groups in total. The highest BCUT2D eigenvalue weighted by Gasteiger charge is 2.12. The van der Waals surface area contributed by atoms with Gasteiger partial charge in [0.2, 0.25) is 0 Å². The Labute approximate surface area is 108 Å². The number of H-pyrrole nitrogens is 1. The Kier molecular flexibility index (Phi) is 2.52. The quantitative estimate of drug-likeness (QED) is 0.737. The molecule has 3 rings (SSSR count). The number of ether oxygens (including phenoxy) is 1. The predicted octanol–water partition coefficient (Wildman–Crippen LogP) is 2.03. The topological polar surface area (TPSA) is 67.2 Å². The zero-order valence-corrected chi connectivity index (χ0v) is 10.3. The number of methoxy groups -OCH3 is 1. The van der Waals surface area contributed by atoms with Gasteiger partial charge in [0.25, 0.3) is 0 Å². The summed E-state index contributed by atoms with van der Waals surface area (Å²) in [5.74, 6) is 0.698. The molecule has 0 saturated carbocycles. The molecule has 0 aliphatic carbocycles. The smallest absolute Gasteiger partial charge is 0.331 e. The Morgan fingerprint density at radius 2 is 2.00 bits per heavy atom. The summed E-state index contributed by atoms with van der Waals surface area (Å²) in [6.45, 7) is 0. The number of imidazole rings is 1. The van der Waals surface area contributed by atoms with Gasteiger partial charge in [-0.25, -0.2) is 4.79 Å². The van der Waals surface area contributed by atoms with E-state index in [9.17, 15) is 9.90 Å². The molecule has 0 aliphatic rings. The van der Waals surface area contributed by atoms with Crippen LogP contribution in [0.3, 0.4) is 0 Å². The van der Waals surface area contributed by atoms with Crippen molar-refractivity contribution >= 4 is 11.0 Å². The number of para-hydroxylation sites is 2. The second kappa shape index (κ2) is 4.20. The van der Waals surface area contributed by atoms with Crippen molar-refractivity contribution in [3.05, 3.63) is 52.9 Å². The number of hydrogen-bond acceptors (Lipinski definition) is 3. The second-order valence-electron chi connectivity index (χ2n) is 4.14. The fraction of sp³-hybridized carbons (Fsp3) is 0.0714. The van der Waals surface area contributed by atoms with Crippen molar-refractivity contribution in [3.8, 4) is 17.2 Å². The molecule has 0 spiro atoms. The third-order valence-corrected chi connectivity index (χ3v) is 3.01. The molecule has 19 heavy (non-hydrogen) atoms. The van der Waals surface area contributed by atoms with Gasteiger partial charge in [-0.05, 0) is 24.3 Å². The van der Waals surface area contributed by atoms with E-state index in [1.165, 1.54) is 4.57 Å². The van der Waals surface area contributed by atoms with E-state index in [1.807, 2.05) is 0 Å². The van der Waals surface area contributed by atoms with Gasteiger partial charge in [-0.1, -0.05) is 12.1 Å². The average Bonchev–Trinajstić information content (AvgIpc) is 2.74. The standard InChI is InChI=1S/C14H12N2O3/c1-19-9-6-7-10-12(8-9)16(14(18)15-10)11-4-2-3-5-13(11)17/h2-8,17H,1H3,(H,15,18). The van der Waals surface area contributed by atoms with Crippen LogP contribution in [0.5, 0.6) is 11.5 Å². The summed E-state index contributed by atoms with van der Waals surface area (Å²) < 4.78 is 6.58. The molecule has 0 unspecified atom stereocenters. The average molecular weight is 256 g/mol. The molecule has 96 valence electrons. The molecule has 0 atom stereocenters. The Morgan fingerprint density at radius 3 is 2.74 bits per heavy atom. The molecular formula is C14H12N2O3. The van der Waals surface area contributed by atoms with Crippen LogP contribution in [0.4, 0.5) is 0 Å². The van der Waals surface area contributed by atoms with Gasteiger partial charge in [-0.15, -0.1) is 0 Å². The minimum absolute atomic E-state index is 0.0494. The Morgan fingerprint density at radius 1 is 1.21 bits per heavy atom. The van der Waals surface area contributed by atoms with Crippen molar-refractivity contribution in [1.82, 2.24) is 9.55 Å². The summed E-state index contributed by atoms with van der Waals surface area (Å²) in [6.07, 6.45) is 0. The van der Waals surface area contributed by atoms with Gasteiger partial charge in [-0.3, -0.25) is 4.57 Å². The predicted molar refractivity (Wildman–Crippen MR) is 72.1 cm³/mol. The van der Waals surface area contributed by atoms with Gasteiger partial charge in [0.15, 0.2) is 0 Å². The van der Waals surface area contributed by atoms with E-state index in [1.54, 1.807) is 49.6 Å². The van der Waals surface area contributed by atoms with Crippen LogP contribution in [0.15, 0.2) is 47.3 Å². The maximum Gasteiger partial charge on any atom is 0.331 e. The first kappa shape index (κ1) is 11.4. The number of benzene rings is 2. The van der Waals surface area contributed by atoms with Crippen LogP contribution in [0.1, 0.15) is 0 Å². The lowest BCUT2D eigenvalue weighted by Gasteiger charge is -2.06. The van der Waals surface area contributed by atoms with Crippen LogP contribution in [0.25, 0.3) is 16.7 Å². The third kappa shape index (κ3) is 1.76. The maximum absolute atomic E-state index is 12.0. The summed E-state index contributed by atoms with van der Waals surface area (Å²) in [5, 5.41) is 9.89. The highest BCUT2D eigenvalue weighted by molar-refractivity contribution is 5.79. The molecule has 0 amide bonds. The fourth-order valence-corrected chi connectivity index (χ4v) is 2.10. The zero-order valence-electron chi connectivity index (χ0n) is 10.3. The highest BCUT2D eigenvalue weighted by Crippen LogP contribution is 2.25. The maximum atomic E-state index is 12.0. The van der Waals surface area contributed by atoms with Crippen LogP contribution in [0.2, 0.25) is 0 Å². The number of aromatic hydroxyl groups is 1. The van der Waals surface area contributed by atoms with Gasteiger partial charge >= 0.3 is 5.69 Å². The largest absolute Gasteiger partial charge is 0.506 e. The van der Waals surface area contributed by atoms with Crippen LogP contribution >= 0.6 is 0 Å². The van der Waals surface area contributed by atoms with Crippen LogP contribution < -0.4 is 10.4 Å². The van der Waals surface area contributed by atoms with E-state index in [4.69, 9.17) is 4.74 Å². The molecule has 0 bridgehead atoms. The van der Waals surface area contributed by atoms with E-state index in [-0.39, 0.29) is 11.4 Å². The molecule has 3 aromatic rings. The zero-order chi connectivity index (χ0) is 13.4. The van der Waals surface area contributed by atoms with Gasteiger partial charge < -0.3 is 14.8 Å². The number of nitrogens with one attached hydrogen (secondary N) is 1. The molecule has 0 aliphatic heterocycles. The van der Waals surface area contributed by atoms with E-state index in [0.717, 1.165) is 0 Å². The van der Waals surface area contributed by atoms with Crippen LogP contribution in [-0.4, -0.2) is 21.8 Å². The highest BCUT2D eigenvalue weighted by atomic mass is 16.5. The molecule has 0 fully saturated rings. The van der Waals surface area contributed by atoms with E-state index >= 15 is 0 Å². The number of rotatable bonds is 2. The summed E-state index contributed by atoms with van der Waals surface area (Å²) >= 11 is 0. The Hall–Kier alpha value is -2.69. The molecule has 1 aromatic heterocycles. The first-order valence-corrected chi connectivity index (χ1v) is 5.78. The molecule has 2 aromatic carbocycles. The molecule has 5 nitrogen and oxygen atoms in total. The molecule has 5 heteroatoms. The van der Waals surface area contributed by atoms with Gasteiger partial charge in [0.1, 0.15) is 11.5 Å². The van der Waals surface area contributed by atoms with Gasteiger partial charge in [0, 0.05) is 6.07 Å². The molecule has 0 radical (unpaired) electrons. The summed E-state index contributed by atoms with van der Waals surface area (Å²) in [5.41, 5.74) is 1.48. The van der Waals surface area contributed by atoms with Crippen molar-refractivity contribution in [1.29, 1.82) is 0 Å². The number of hydrogen-bond donors (Lipinski definition) is 2. The fourth-order valence-electron chi connectivity index (χ4n) is 2.10. The van der Waals surface area contributed by atoms with Crippen molar-refractivity contribution in [2.75, 3.05) is 7.11 Å². The Balaban J connectivity index is 2.37. The summed E-state index contributed by atoms with van der Waals surface area (Å²) in [6, 6.07) is 12.0. The van der Waals surface area contributed by atoms with Crippen molar-refractivity contribution in [2.45, 2.75) is 0 Å². The number of phenols is 1. The Bertz CT molecular complexity index is 802. The third-order valence-electron chi connectivity index (χ3n) is 3.01. The van der Waals surface area contributed by atoms with E-state index < -0.39 is 0 Å². The monoisotopic (exact) mass is 256 g/mol. The molecular weight excluding hydrogens is 244 g/mol. The number of fused-ring (bicyclic) bond motifs is 1. The number of aromatic nitrogens is 2. The minimum Gasteiger partial charge on any atom is -0.506 e. The molecule has 1 heterocycles. The van der Waals surface area contributed by atoms with Crippen molar-refractivity contribution in [3.63, 3.8) is 0 Å². The lowest BCUT2D eigenvalue weighted by Crippen LogP contribution is -2.14. The van der Waals surface area contributed by atoms with Crippen molar-refractivity contribution in [2.24, 2.45) is 0 Å².